The smallest absolute Gasteiger partial charge is 0.206 e. The minimum Gasteiger partial charge on any atom is -0.382 e. The van der Waals surface area contributed by atoms with E-state index in [0.29, 0.717) is 55.4 Å². The molecule has 9 rings (SSSR count). The molecule has 0 saturated carbocycles. The van der Waals surface area contributed by atoms with Gasteiger partial charge in [0.05, 0.1) is 5.33 Å². The topological polar surface area (TPSA) is 148 Å². The number of carbonyl (C=O) groups is 2. The standard InChI is InChI=1S/C27H32FN5OS.C19H29N5S2.C10H10BrFO.H3P/c1-2-18-17-19(5-10-23(18)28)24(34)25-26(29)31-27(35-25)30-20-6-8-21(9-7-20)33-15-11-22(12-16-33)32-13-3-4-14-32;1-2-26-18(20)22-19(25)21-15-5-7-16(8-6-15)24-13-9-17(10-14-24)23-11-3-4-12-23;1-2-7-5-8(10(13)6-11)3-4-9(7)12;/h5-10,17,22H,2-4,11-16,29H2,1H3,(H,30,31);5-8,17H,2-4,9-14H2,1H3,(H3,20,21,22,25);3-5H,2,6H2,1H3;1H3. The molecule has 75 heavy (non-hydrogen) atoms. The van der Waals surface area contributed by atoms with Crippen LogP contribution in [0.1, 0.15) is 109 Å². The summed E-state index contributed by atoms with van der Waals surface area (Å²) < 4.78 is 26.8. The molecular formula is C56H74BrF2N10O2PS3. The molecule has 0 bridgehead atoms. The van der Waals surface area contributed by atoms with E-state index in [1.807, 2.05) is 32.9 Å². The number of Topliss-reactive ketones (excluding diaryl/α,β-unsaturated/α-hetero) is 1. The number of likely N-dealkylation sites (tertiary alicyclic amines) is 2. The van der Waals surface area contributed by atoms with Crippen molar-refractivity contribution >= 4 is 117 Å². The molecule has 4 saturated heterocycles. The summed E-state index contributed by atoms with van der Waals surface area (Å²) in [5.74, 6) is 0.269. The first-order valence-corrected chi connectivity index (χ1v) is 29.4. The SMILES string of the molecule is CCSC(N)=NC(=S)Nc1ccc(N2CCC(N3CCCC3)CC2)cc1.CCc1cc(C(=O)CBr)ccc1F.CCc1cc(C(=O)c2sc(Nc3ccc(N4CCC(N5CCCC5)CC4)cc3)nc2N)ccc1F.P. The molecule has 19 heteroatoms. The van der Waals surface area contributed by atoms with E-state index in [1.165, 1.54) is 136 Å². The second-order valence-electron chi connectivity index (χ2n) is 18.9. The van der Waals surface area contributed by atoms with Crippen LogP contribution in [0.15, 0.2) is 89.9 Å². The van der Waals surface area contributed by atoms with Gasteiger partial charge in [-0.25, -0.2) is 13.8 Å². The molecule has 1 atom stereocenters. The number of halogens is 3. The number of rotatable bonds is 14. The molecule has 404 valence electrons. The Hall–Kier alpha value is -4.55. The number of thiazole rings is 1. The Labute approximate surface area is 468 Å². The monoisotopic (exact) mass is 1160 g/mol. The van der Waals surface area contributed by atoms with Gasteiger partial charge in [0.2, 0.25) is 5.78 Å². The number of anilines is 6. The number of amidine groups is 1. The van der Waals surface area contributed by atoms with E-state index >= 15 is 0 Å². The van der Waals surface area contributed by atoms with Crippen LogP contribution in [-0.2, 0) is 12.8 Å². The van der Waals surface area contributed by atoms with Crippen molar-refractivity contribution in [2.75, 3.05) is 89.6 Å². The van der Waals surface area contributed by atoms with Crippen LogP contribution >= 0.6 is 61.1 Å². The van der Waals surface area contributed by atoms with Gasteiger partial charge in [-0.1, -0.05) is 59.8 Å². The second kappa shape index (κ2) is 29.8. The number of aryl methyl sites for hydroxylation is 2. The molecule has 4 aliphatic heterocycles. The fourth-order valence-electron chi connectivity index (χ4n) is 10.0. The number of hydrogen-bond acceptors (Lipinski definition) is 12. The predicted octanol–water partition coefficient (Wildman–Crippen LogP) is 12.0. The summed E-state index contributed by atoms with van der Waals surface area (Å²) in [4.78, 5) is 43.4. The number of nitrogens with two attached hydrogens (primary N) is 2. The average Bonchev–Trinajstić information content (AvgIpc) is 4.24. The summed E-state index contributed by atoms with van der Waals surface area (Å²) in [6.45, 7) is 15.4. The van der Waals surface area contributed by atoms with Crippen LogP contribution in [0.3, 0.4) is 0 Å². The van der Waals surface area contributed by atoms with E-state index in [2.05, 4.69) is 92.5 Å². The minimum absolute atomic E-state index is 0. The summed E-state index contributed by atoms with van der Waals surface area (Å²) in [6, 6.07) is 27.2. The van der Waals surface area contributed by atoms with Crippen LogP contribution in [0.4, 0.5) is 42.5 Å². The Morgan fingerprint density at radius 1 is 0.733 bits per heavy atom. The lowest BCUT2D eigenvalue weighted by Crippen LogP contribution is -2.43. The maximum atomic E-state index is 13.8. The van der Waals surface area contributed by atoms with Crippen molar-refractivity contribution in [1.29, 1.82) is 0 Å². The van der Waals surface area contributed by atoms with Gasteiger partial charge >= 0.3 is 0 Å². The normalized spacial score (nSPS) is 16.6. The molecule has 5 aromatic rings. The van der Waals surface area contributed by atoms with Gasteiger partial charge in [0.25, 0.3) is 0 Å². The van der Waals surface area contributed by atoms with Gasteiger partial charge < -0.3 is 41.7 Å². The van der Waals surface area contributed by atoms with Crippen LogP contribution in [0.2, 0.25) is 0 Å². The molecule has 0 aliphatic carbocycles. The number of aromatic nitrogens is 1. The van der Waals surface area contributed by atoms with Gasteiger partial charge in [-0.15, -0.1) is 0 Å². The molecule has 4 aliphatic rings. The molecule has 0 radical (unpaired) electrons. The lowest BCUT2D eigenvalue weighted by atomic mass is 10.0. The van der Waals surface area contributed by atoms with E-state index in [1.54, 1.807) is 12.1 Å². The number of carbonyl (C=O) groups excluding carboxylic acids is 2. The highest BCUT2D eigenvalue weighted by atomic mass is 79.9. The Morgan fingerprint density at radius 3 is 1.67 bits per heavy atom. The summed E-state index contributed by atoms with van der Waals surface area (Å²) in [5, 5.41) is 8.14. The summed E-state index contributed by atoms with van der Waals surface area (Å²) in [5.41, 5.74) is 18.3. The van der Waals surface area contributed by atoms with Gasteiger partial charge in [-0.05, 0) is 204 Å². The molecule has 5 heterocycles. The van der Waals surface area contributed by atoms with Crippen molar-refractivity contribution in [3.63, 3.8) is 0 Å². The lowest BCUT2D eigenvalue weighted by molar-refractivity contribution is 0.102. The third-order valence-corrected chi connectivity index (χ3v) is 16.5. The summed E-state index contributed by atoms with van der Waals surface area (Å²) in [6.07, 6.45) is 11.6. The van der Waals surface area contributed by atoms with Crippen molar-refractivity contribution < 1.29 is 18.4 Å². The third-order valence-electron chi connectivity index (χ3n) is 14.1. The van der Waals surface area contributed by atoms with Crippen molar-refractivity contribution in [3.8, 4) is 0 Å². The maximum absolute atomic E-state index is 13.8. The van der Waals surface area contributed by atoms with Gasteiger partial charge in [0, 0.05) is 72.1 Å². The Morgan fingerprint density at radius 2 is 1.20 bits per heavy atom. The summed E-state index contributed by atoms with van der Waals surface area (Å²) in [7, 11) is 0. The van der Waals surface area contributed by atoms with E-state index in [9.17, 15) is 18.4 Å². The zero-order valence-electron chi connectivity index (χ0n) is 43.6. The summed E-state index contributed by atoms with van der Waals surface area (Å²) >= 11 is 11.0. The van der Waals surface area contributed by atoms with Crippen LogP contribution in [0.25, 0.3) is 0 Å². The van der Waals surface area contributed by atoms with Crippen molar-refractivity contribution in [3.05, 3.63) is 124 Å². The number of nitrogens with one attached hydrogen (secondary N) is 2. The number of benzene rings is 4. The third kappa shape index (κ3) is 17.0. The molecule has 6 N–H and O–H groups in total. The number of nitrogens with zero attached hydrogens (tertiary/aromatic N) is 6. The van der Waals surface area contributed by atoms with E-state index in [4.69, 9.17) is 23.7 Å². The van der Waals surface area contributed by atoms with Gasteiger partial charge in [0.1, 0.15) is 22.3 Å². The zero-order valence-corrected chi connectivity index (χ0v) is 49.0. The van der Waals surface area contributed by atoms with Gasteiger partial charge in [0.15, 0.2) is 21.2 Å². The Bertz CT molecular complexity index is 2670. The van der Waals surface area contributed by atoms with Crippen LogP contribution in [-0.4, -0.2) is 112 Å². The van der Waals surface area contributed by atoms with Crippen LogP contribution in [0, 0.1) is 11.6 Å². The Balaban J connectivity index is 0.000000201. The first-order chi connectivity index (χ1) is 35.8. The molecule has 1 unspecified atom stereocenters. The number of thiocarbonyl (C=S) groups is 1. The lowest BCUT2D eigenvalue weighted by Gasteiger charge is -2.37. The number of ketones is 2. The number of thioether (sulfide) groups is 1. The van der Waals surface area contributed by atoms with Crippen molar-refractivity contribution in [1.82, 2.24) is 14.8 Å². The predicted molar refractivity (Wildman–Crippen MR) is 325 cm³/mol. The fourth-order valence-corrected chi connectivity index (χ4v) is 11.9. The second-order valence-corrected chi connectivity index (χ2v) is 22.1. The van der Waals surface area contributed by atoms with Crippen LogP contribution in [0.5, 0.6) is 0 Å². The highest BCUT2D eigenvalue weighted by Gasteiger charge is 2.28. The highest BCUT2D eigenvalue weighted by molar-refractivity contribution is 9.09. The number of alkyl halides is 1. The fraction of sp³-hybridized carbons (Fsp3) is 0.446. The van der Waals surface area contributed by atoms with Gasteiger partial charge in [-0.2, -0.15) is 14.9 Å². The van der Waals surface area contributed by atoms with E-state index < -0.39 is 0 Å². The molecule has 12 nitrogen and oxygen atoms in total. The number of hydrogen-bond donors (Lipinski definition) is 4. The van der Waals surface area contributed by atoms with E-state index in [0.717, 1.165) is 55.4 Å². The number of piperidine rings is 2. The number of aliphatic imine (C=N–C) groups is 1. The largest absolute Gasteiger partial charge is 0.382 e. The molecule has 0 spiro atoms. The van der Waals surface area contributed by atoms with Crippen molar-refractivity contribution in [2.24, 2.45) is 10.7 Å². The molecule has 0 amide bonds. The molecule has 4 aromatic carbocycles. The first-order valence-electron chi connectivity index (χ1n) is 26.1. The first kappa shape index (κ1) is 59.7. The Kier molecular flexibility index (Phi) is 23.7. The number of nitrogen functional groups attached to an aromatic ring is 1. The molecular weight excluding hydrogens is 1090 g/mol. The van der Waals surface area contributed by atoms with Crippen molar-refractivity contribution in [2.45, 2.75) is 97.1 Å². The van der Waals surface area contributed by atoms with E-state index in [-0.39, 0.29) is 44.2 Å². The minimum atomic E-state index is -0.303. The highest BCUT2D eigenvalue weighted by Crippen LogP contribution is 2.32. The zero-order chi connectivity index (χ0) is 52.6. The van der Waals surface area contributed by atoms with Gasteiger partial charge in [-0.3, -0.25) is 9.59 Å². The quantitative estimate of drug-likeness (QED) is 0.0209. The average molecular weight is 1160 g/mol. The maximum Gasteiger partial charge on any atom is 0.206 e. The molecule has 4 fully saturated rings. The van der Waals surface area contributed by atoms with Crippen LogP contribution < -0.4 is 31.9 Å². The molecule has 1 aromatic heterocycles.